The van der Waals surface area contributed by atoms with Crippen LogP contribution in [0.15, 0.2) is 4.99 Å². The normalized spacial score (nSPS) is 14.6. The molecule has 0 fully saturated rings. The predicted octanol–water partition coefficient (Wildman–Crippen LogP) is -1.66. The van der Waals surface area contributed by atoms with E-state index in [1.807, 2.05) is 6.26 Å². The van der Waals surface area contributed by atoms with Crippen LogP contribution in [0.3, 0.4) is 0 Å². The molecule has 0 bridgehead atoms. The first-order valence-electron chi connectivity index (χ1n) is 10.3. The van der Waals surface area contributed by atoms with Crippen LogP contribution in [0.5, 0.6) is 0 Å². The smallest absolute Gasteiger partial charge is 0.326 e. The summed E-state index contributed by atoms with van der Waals surface area (Å²) in [7, 11) is 0. The Bertz CT molecular complexity index is 670. The molecule has 32 heavy (non-hydrogen) atoms. The van der Waals surface area contributed by atoms with Crippen LogP contribution in [0.25, 0.3) is 0 Å². The molecule has 13 heteroatoms. The van der Waals surface area contributed by atoms with Crippen molar-refractivity contribution in [1.29, 1.82) is 0 Å². The average Bonchev–Trinajstić information content (AvgIpc) is 2.70. The molecule has 10 N–H and O–H groups in total. The first-order chi connectivity index (χ1) is 14.9. The molecule has 3 amide bonds. The summed E-state index contributed by atoms with van der Waals surface area (Å²) in [5.74, 6) is -2.62. The van der Waals surface area contributed by atoms with E-state index >= 15 is 0 Å². The maximum Gasteiger partial charge on any atom is 0.326 e. The Balaban J connectivity index is 4.86. The molecule has 0 aliphatic heterocycles. The summed E-state index contributed by atoms with van der Waals surface area (Å²) >= 11 is 1.46. The molecule has 0 aliphatic carbocycles. The molecule has 0 aromatic heterocycles. The van der Waals surface area contributed by atoms with Crippen molar-refractivity contribution in [3.8, 4) is 0 Å². The molecule has 0 saturated heterocycles. The van der Waals surface area contributed by atoms with Gasteiger partial charge in [-0.2, -0.15) is 11.8 Å². The Labute approximate surface area is 192 Å². The van der Waals surface area contributed by atoms with Gasteiger partial charge in [-0.1, -0.05) is 13.8 Å². The lowest BCUT2D eigenvalue weighted by atomic mass is 10.0. The lowest BCUT2D eigenvalue weighted by Gasteiger charge is -2.25. The van der Waals surface area contributed by atoms with E-state index in [1.165, 1.54) is 18.7 Å². The zero-order valence-corrected chi connectivity index (χ0v) is 19.9. The molecular weight excluding hydrogens is 438 g/mol. The summed E-state index contributed by atoms with van der Waals surface area (Å²) in [5.41, 5.74) is 16.4. The van der Waals surface area contributed by atoms with Crippen LogP contribution in [0.1, 0.15) is 40.0 Å². The molecule has 0 heterocycles. The van der Waals surface area contributed by atoms with Crippen molar-refractivity contribution in [1.82, 2.24) is 16.0 Å². The maximum atomic E-state index is 12.7. The highest BCUT2D eigenvalue weighted by molar-refractivity contribution is 7.98. The number of aliphatic imine (C=N–C) groups is 1. The molecule has 0 saturated carbocycles. The van der Waals surface area contributed by atoms with E-state index in [9.17, 15) is 24.3 Å². The summed E-state index contributed by atoms with van der Waals surface area (Å²) in [6.45, 7) is 5.25. The summed E-state index contributed by atoms with van der Waals surface area (Å²) in [4.78, 5) is 52.5. The Kier molecular flexibility index (Phi) is 14.1. The van der Waals surface area contributed by atoms with Gasteiger partial charge in [0.15, 0.2) is 5.96 Å². The summed E-state index contributed by atoms with van der Waals surface area (Å²) in [6.07, 6.45) is 2.90. The van der Waals surface area contributed by atoms with Gasteiger partial charge in [0, 0.05) is 6.54 Å². The quantitative estimate of drug-likeness (QED) is 0.0817. The number of amides is 3. The Morgan fingerprint density at radius 2 is 1.59 bits per heavy atom. The molecule has 0 spiro atoms. The van der Waals surface area contributed by atoms with Crippen LogP contribution >= 0.6 is 11.8 Å². The van der Waals surface area contributed by atoms with Crippen LogP contribution in [-0.4, -0.2) is 77.5 Å². The van der Waals surface area contributed by atoms with Gasteiger partial charge in [0.25, 0.3) is 0 Å². The Morgan fingerprint density at radius 1 is 0.969 bits per heavy atom. The number of carboxylic acid groups (broad SMARTS) is 1. The van der Waals surface area contributed by atoms with Gasteiger partial charge in [0.1, 0.15) is 18.1 Å². The van der Waals surface area contributed by atoms with Crippen LogP contribution in [0, 0.1) is 5.92 Å². The number of rotatable bonds is 15. The Morgan fingerprint density at radius 3 is 2.09 bits per heavy atom. The van der Waals surface area contributed by atoms with E-state index in [0.29, 0.717) is 25.1 Å². The van der Waals surface area contributed by atoms with Crippen molar-refractivity contribution in [3.63, 3.8) is 0 Å². The number of nitrogens with one attached hydrogen (secondary N) is 3. The topological polar surface area (TPSA) is 215 Å². The number of carbonyl (C=O) groups excluding carboxylic acids is 3. The Hall–Kier alpha value is -2.54. The third-order valence-corrected chi connectivity index (χ3v) is 5.17. The van der Waals surface area contributed by atoms with Gasteiger partial charge in [-0.15, -0.1) is 0 Å². The maximum absolute atomic E-state index is 12.7. The molecule has 0 rings (SSSR count). The van der Waals surface area contributed by atoms with Gasteiger partial charge in [-0.05, 0) is 44.1 Å². The molecule has 0 aromatic rings. The van der Waals surface area contributed by atoms with Gasteiger partial charge >= 0.3 is 5.97 Å². The van der Waals surface area contributed by atoms with Gasteiger partial charge in [0.05, 0.1) is 6.04 Å². The zero-order chi connectivity index (χ0) is 24.8. The SMILES string of the molecule is CSCCC(NC(=O)C(C)NC(=O)C(NC(=O)C(N)CCCN=C(N)N)C(C)C)C(=O)O. The number of carbonyl (C=O) groups is 4. The highest BCUT2D eigenvalue weighted by Crippen LogP contribution is 2.05. The van der Waals surface area contributed by atoms with Gasteiger partial charge < -0.3 is 38.3 Å². The van der Waals surface area contributed by atoms with E-state index in [1.54, 1.807) is 13.8 Å². The lowest BCUT2D eigenvalue weighted by Crippen LogP contribution is -2.57. The van der Waals surface area contributed by atoms with Crippen LogP contribution < -0.4 is 33.2 Å². The fraction of sp³-hybridized carbons (Fsp3) is 0.737. The van der Waals surface area contributed by atoms with E-state index in [-0.39, 0.29) is 18.3 Å². The molecule has 0 radical (unpaired) electrons. The molecule has 0 aromatic carbocycles. The van der Waals surface area contributed by atoms with E-state index in [2.05, 4.69) is 20.9 Å². The number of guanidine groups is 1. The standard InChI is InChI=1S/C19H37N7O5S/c1-10(2)14(26-16(28)12(20)6-5-8-23-19(21)22)17(29)24-11(3)15(27)25-13(18(30)31)7-9-32-4/h10-14H,5-9,20H2,1-4H3,(H,24,29)(H,25,27)(H,26,28)(H,30,31)(H4,21,22,23). The lowest BCUT2D eigenvalue weighted by molar-refractivity contribution is -0.142. The first kappa shape index (κ1) is 29.5. The third kappa shape index (κ3) is 11.7. The van der Waals surface area contributed by atoms with Crippen molar-refractivity contribution >= 4 is 41.4 Å². The summed E-state index contributed by atoms with van der Waals surface area (Å²) in [6, 6.07) is -3.82. The summed E-state index contributed by atoms with van der Waals surface area (Å²) in [5, 5.41) is 16.8. The monoisotopic (exact) mass is 475 g/mol. The van der Waals surface area contributed by atoms with Crippen LogP contribution in [0.2, 0.25) is 0 Å². The van der Waals surface area contributed by atoms with E-state index < -0.39 is 47.9 Å². The fourth-order valence-corrected chi connectivity index (χ4v) is 3.08. The highest BCUT2D eigenvalue weighted by Gasteiger charge is 2.29. The number of nitrogens with two attached hydrogens (primary N) is 3. The minimum Gasteiger partial charge on any atom is -0.480 e. The van der Waals surface area contributed by atoms with Crippen molar-refractivity contribution in [2.45, 2.75) is 64.2 Å². The molecule has 12 nitrogen and oxygen atoms in total. The van der Waals surface area contributed by atoms with E-state index in [0.717, 1.165) is 0 Å². The third-order valence-electron chi connectivity index (χ3n) is 4.53. The van der Waals surface area contributed by atoms with E-state index in [4.69, 9.17) is 17.2 Å². The van der Waals surface area contributed by atoms with Crippen molar-refractivity contribution < 1.29 is 24.3 Å². The summed E-state index contributed by atoms with van der Waals surface area (Å²) < 4.78 is 0. The number of carboxylic acids is 1. The predicted molar refractivity (Wildman–Crippen MR) is 125 cm³/mol. The highest BCUT2D eigenvalue weighted by atomic mass is 32.2. The second-order valence-corrected chi connectivity index (χ2v) is 8.68. The number of hydrogen-bond acceptors (Lipinski definition) is 7. The first-order valence-corrected chi connectivity index (χ1v) is 11.7. The largest absolute Gasteiger partial charge is 0.480 e. The van der Waals surface area contributed by atoms with Gasteiger partial charge in [-0.3, -0.25) is 19.4 Å². The van der Waals surface area contributed by atoms with Crippen LogP contribution in [0.4, 0.5) is 0 Å². The molecule has 4 atom stereocenters. The molecular formula is C19H37N7O5S. The molecule has 0 aliphatic rings. The minimum absolute atomic E-state index is 0.0448. The average molecular weight is 476 g/mol. The van der Waals surface area contributed by atoms with Gasteiger partial charge in [0.2, 0.25) is 17.7 Å². The van der Waals surface area contributed by atoms with Crippen molar-refractivity contribution in [3.05, 3.63) is 0 Å². The van der Waals surface area contributed by atoms with Crippen molar-refractivity contribution in [2.75, 3.05) is 18.6 Å². The number of aliphatic carboxylic acids is 1. The second-order valence-electron chi connectivity index (χ2n) is 7.70. The second kappa shape index (κ2) is 15.3. The zero-order valence-electron chi connectivity index (χ0n) is 19.1. The number of nitrogens with zero attached hydrogens (tertiary/aromatic N) is 1. The molecule has 4 unspecified atom stereocenters. The number of thioether (sulfide) groups is 1. The van der Waals surface area contributed by atoms with Crippen LogP contribution in [-0.2, 0) is 19.2 Å². The fourth-order valence-electron chi connectivity index (χ4n) is 2.60. The van der Waals surface area contributed by atoms with Crippen molar-refractivity contribution in [2.24, 2.45) is 28.1 Å². The van der Waals surface area contributed by atoms with Gasteiger partial charge in [-0.25, -0.2) is 4.79 Å². The number of hydrogen-bond donors (Lipinski definition) is 7. The molecule has 184 valence electrons. The minimum atomic E-state index is -1.15.